The number of nitrogens with zero attached hydrogens (tertiary/aromatic N) is 2. The molecule has 1 amide bonds. The number of carbonyl (C=O) groups is 1. The molecule has 0 atom stereocenters. The first kappa shape index (κ1) is 16.4. The van der Waals surface area contributed by atoms with Gasteiger partial charge in [0.15, 0.2) is 0 Å². The smallest absolute Gasteiger partial charge is 0.242 e. The van der Waals surface area contributed by atoms with Crippen molar-refractivity contribution in [2.24, 2.45) is 5.73 Å². The Kier molecular flexibility index (Phi) is 6.23. The van der Waals surface area contributed by atoms with Crippen molar-refractivity contribution in [3.8, 4) is 0 Å². The molecule has 0 spiro atoms. The summed E-state index contributed by atoms with van der Waals surface area (Å²) >= 11 is 0. The van der Waals surface area contributed by atoms with Crippen LogP contribution in [0.5, 0.6) is 0 Å². The molecule has 1 saturated heterocycles. The Hall–Kier alpha value is -0.650. The molecule has 1 aliphatic heterocycles. The van der Waals surface area contributed by atoms with Crippen LogP contribution in [-0.2, 0) is 4.79 Å². The monoisotopic (exact) mass is 271 g/mol. The summed E-state index contributed by atoms with van der Waals surface area (Å²) in [5, 5.41) is 9.23. The second kappa shape index (κ2) is 7.22. The van der Waals surface area contributed by atoms with Gasteiger partial charge in [0.2, 0.25) is 5.91 Å². The van der Waals surface area contributed by atoms with Crippen LogP contribution in [0.2, 0.25) is 0 Å². The molecule has 5 nitrogen and oxygen atoms in total. The van der Waals surface area contributed by atoms with Gasteiger partial charge in [-0.05, 0) is 45.8 Å². The number of hydrogen-bond acceptors (Lipinski definition) is 4. The third-order valence-corrected chi connectivity index (χ3v) is 4.42. The van der Waals surface area contributed by atoms with E-state index in [0.717, 1.165) is 25.9 Å². The molecule has 1 heterocycles. The van der Waals surface area contributed by atoms with Crippen molar-refractivity contribution in [3.05, 3.63) is 0 Å². The Morgan fingerprint density at radius 2 is 1.89 bits per heavy atom. The van der Waals surface area contributed by atoms with E-state index in [0.29, 0.717) is 19.4 Å². The fourth-order valence-electron chi connectivity index (χ4n) is 2.70. The lowest BCUT2D eigenvalue weighted by molar-refractivity contribution is -0.141. The molecule has 1 fully saturated rings. The van der Waals surface area contributed by atoms with Crippen LogP contribution in [-0.4, -0.2) is 65.7 Å². The van der Waals surface area contributed by atoms with E-state index in [-0.39, 0.29) is 18.6 Å². The molecular weight excluding hydrogens is 242 g/mol. The Bertz CT molecular complexity index is 284. The Balaban J connectivity index is 2.79. The Morgan fingerprint density at radius 3 is 2.32 bits per heavy atom. The minimum Gasteiger partial charge on any atom is -0.395 e. The van der Waals surface area contributed by atoms with Gasteiger partial charge in [-0.3, -0.25) is 4.79 Å². The summed E-state index contributed by atoms with van der Waals surface area (Å²) in [6.07, 6.45) is 3.20. The molecular formula is C14H29N3O2. The van der Waals surface area contributed by atoms with Gasteiger partial charge in [0.05, 0.1) is 12.1 Å². The normalized spacial score (nSPS) is 18.6. The van der Waals surface area contributed by atoms with E-state index in [1.54, 1.807) is 0 Å². The first-order chi connectivity index (χ1) is 8.98. The molecule has 5 heteroatoms. The second-order valence-corrected chi connectivity index (χ2v) is 5.62. The zero-order chi connectivity index (χ0) is 14.5. The van der Waals surface area contributed by atoms with Crippen molar-refractivity contribution in [1.82, 2.24) is 9.80 Å². The number of carbonyl (C=O) groups excluding carboxylic acids is 1. The van der Waals surface area contributed by atoms with Crippen molar-refractivity contribution >= 4 is 5.91 Å². The van der Waals surface area contributed by atoms with Gasteiger partial charge < -0.3 is 20.6 Å². The number of aliphatic hydroxyl groups excluding tert-OH is 1. The average molecular weight is 271 g/mol. The summed E-state index contributed by atoms with van der Waals surface area (Å²) in [6, 6.07) is 0.219. The molecule has 1 aliphatic rings. The first-order valence-corrected chi connectivity index (χ1v) is 7.37. The molecule has 3 N–H and O–H groups in total. The van der Waals surface area contributed by atoms with Gasteiger partial charge in [-0.1, -0.05) is 13.8 Å². The predicted octanol–water partition coefficient (Wildman–Crippen LogP) is 0.419. The van der Waals surface area contributed by atoms with Gasteiger partial charge in [-0.25, -0.2) is 0 Å². The summed E-state index contributed by atoms with van der Waals surface area (Å²) in [5.74, 6) is 0.00102. The maximum atomic E-state index is 12.7. The molecule has 1 rings (SSSR count). The van der Waals surface area contributed by atoms with Gasteiger partial charge in [0.25, 0.3) is 0 Å². The molecule has 0 aromatic rings. The van der Waals surface area contributed by atoms with Gasteiger partial charge in [-0.2, -0.15) is 0 Å². The van der Waals surface area contributed by atoms with Crippen LogP contribution in [0.3, 0.4) is 0 Å². The highest BCUT2D eigenvalue weighted by Crippen LogP contribution is 2.21. The molecule has 0 aromatic heterocycles. The third kappa shape index (κ3) is 3.91. The average Bonchev–Trinajstić information content (AvgIpc) is 2.44. The van der Waals surface area contributed by atoms with E-state index >= 15 is 0 Å². The minimum absolute atomic E-state index is 0.00102. The van der Waals surface area contributed by atoms with E-state index in [2.05, 4.69) is 11.9 Å². The number of rotatable bonds is 6. The molecule has 112 valence electrons. The summed E-state index contributed by atoms with van der Waals surface area (Å²) in [4.78, 5) is 16.8. The summed E-state index contributed by atoms with van der Waals surface area (Å²) < 4.78 is 0. The topological polar surface area (TPSA) is 69.8 Å². The largest absolute Gasteiger partial charge is 0.395 e. The number of piperidine rings is 1. The zero-order valence-corrected chi connectivity index (χ0v) is 12.6. The standard InChI is InChI=1S/C14H29N3O2/c1-4-14(15,5-2)13(19)17(10-11-18)12-6-8-16(3)9-7-12/h12,18H,4-11,15H2,1-3H3. The molecule has 0 aliphatic carbocycles. The number of likely N-dealkylation sites (tertiary alicyclic amines) is 1. The summed E-state index contributed by atoms with van der Waals surface area (Å²) in [5.41, 5.74) is 5.44. The van der Waals surface area contributed by atoms with Gasteiger partial charge in [0.1, 0.15) is 0 Å². The van der Waals surface area contributed by atoms with E-state index < -0.39 is 5.54 Å². The number of aliphatic hydroxyl groups is 1. The molecule has 0 aromatic carbocycles. The number of hydrogen-bond donors (Lipinski definition) is 2. The van der Waals surface area contributed by atoms with Crippen LogP contribution in [0.4, 0.5) is 0 Å². The van der Waals surface area contributed by atoms with Crippen molar-refractivity contribution in [1.29, 1.82) is 0 Å². The maximum absolute atomic E-state index is 12.7. The molecule has 0 unspecified atom stereocenters. The predicted molar refractivity (Wildman–Crippen MR) is 76.8 cm³/mol. The SMILES string of the molecule is CCC(N)(CC)C(=O)N(CCO)C1CCN(C)CC1. The van der Waals surface area contributed by atoms with Crippen molar-refractivity contribution in [2.75, 3.05) is 33.3 Å². The molecule has 0 saturated carbocycles. The lowest BCUT2D eigenvalue weighted by atomic mass is 9.90. The summed E-state index contributed by atoms with van der Waals surface area (Å²) in [6.45, 7) is 6.29. The van der Waals surface area contributed by atoms with Crippen molar-refractivity contribution in [2.45, 2.75) is 51.1 Å². The fourth-order valence-corrected chi connectivity index (χ4v) is 2.70. The van der Waals surface area contributed by atoms with Gasteiger partial charge in [-0.15, -0.1) is 0 Å². The molecule has 0 bridgehead atoms. The van der Waals surface area contributed by atoms with Crippen molar-refractivity contribution < 1.29 is 9.90 Å². The molecule has 0 radical (unpaired) electrons. The fraction of sp³-hybridized carbons (Fsp3) is 0.929. The van der Waals surface area contributed by atoms with Crippen LogP contribution >= 0.6 is 0 Å². The van der Waals surface area contributed by atoms with Crippen LogP contribution in [0, 0.1) is 0 Å². The lowest BCUT2D eigenvalue weighted by Gasteiger charge is -2.41. The molecule has 19 heavy (non-hydrogen) atoms. The van der Waals surface area contributed by atoms with Crippen LogP contribution in [0.25, 0.3) is 0 Å². The minimum atomic E-state index is -0.779. The Labute approximate surface area is 116 Å². The second-order valence-electron chi connectivity index (χ2n) is 5.62. The highest BCUT2D eigenvalue weighted by atomic mass is 16.3. The van der Waals surface area contributed by atoms with E-state index in [1.165, 1.54) is 0 Å². The van der Waals surface area contributed by atoms with Gasteiger partial charge in [0, 0.05) is 12.6 Å². The highest BCUT2D eigenvalue weighted by Gasteiger charge is 2.37. The quantitative estimate of drug-likeness (QED) is 0.734. The van der Waals surface area contributed by atoms with Crippen LogP contribution in [0.15, 0.2) is 0 Å². The van der Waals surface area contributed by atoms with Gasteiger partial charge >= 0.3 is 0 Å². The third-order valence-electron chi connectivity index (χ3n) is 4.42. The maximum Gasteiger partial charge on any atom is 0.242 e. The van der Waals surface area contributed by atoms with Crippen LogP contribution < -0.4 is 5.73 Å². The van der Waals surface area contributed by atoms with E-state index in [9.17, 15) is 9.90 Å². The Morgan fingerprint density at radius 1 is 1.37 bits per heavy atom. The zero-order valence-electron chi connectivity index (χ0n) is 12.6. The number of amides is 1. The first-order valence-electron chi connectivity index (χ1n) is 7.37. The van der Waals surface area contributed by atoms with Crippen molar-refractivity contribution in [3.63, 3.8) is 0 Å². The lowest BCUT2D eigenvalue weighted by Crippen LogP contribution is -2.59. The van der Waals surface area contributed by atoms with E-state index in [1.807, 2.05) is 18.7 Å². The number of nitrogens with two attached hydrogens (primary N) is 1. The summed E-state index contributed by atoms with van der Waals surface area (Å²) in [7, 11) is 2.10. The van der Waals surface area contributed by atoms with E-state index in [4.69, 9.17) is 5.73 Å². The highest BCUT2D eigenvalue weighted by molar-refractivity contribution is 5.86. The van der Waals surface area contributed by atoms with Crippen LogP contribution in [0.1, 0.15) is 39.5 Å².